The third-order valence-corrected chi connectivity index (χ3v) is 2.22. The average Bonchev–Trinajstić information content (AvgIpc) is 2.08. The van der Waals surface area contributed by atoms with E-state index >= 15 is 0 Å². The molecule has 0 aliphatic heterocycles. The van der Waals surface area contributed by atoms with Crippen LogP contribution in [0.4, 0.5) is 0 Å². The summed E-state index contributed by atoms with van der Waals surface area (Å²) in [5.41, 5.74) is -0.467. The molecule has 0 atom stereocenters. The molecule has 0 spiro atoms. The molecule has 0 rings (SSSR count). The molecule has 0 aliphatic carbocycles. The van der Waals surface area contributed by atoms with Gasteiger partial charge in [0.25, 0.3) is 0 Å². The summed E-state index contributed by atoms with van der Waals surface area (Å²) in [5, 5.41) is 0. The van der Waals surface area contributed by atoms with Gasteiger partial charge in [-0.05, 0) is 12.8 Å². The molecule has 0 unspecified atom stereocenters. The summed E-state index contributed by atoms with van der Waals surface area (Å²) in [6, 6.07) is 0. The molecular weight excluding hydrogens is 156 g/mol. The van der Waals surface area contributed by atoms with Gasteiger partial charge in [-0.15, -0.1) is 0 Å². The SMILES string of the molecule is CCC(C=O)(CC)COC(C)=O. The molecule has 0 radical (unpaired) electrons. The van der Waals surface area contributed by atoms with Crippen LogP contribution in [0.15, 0.2) is 0 Å². The van der Waals surface area contributed by atoms with Crippen LogP contribution in [-0.4, -0.2) is 18.9 Å². The first kappa shape index (κ1) is 11.1. The predicted molar refractivity (Wildman–Crippen MR) is 45.7 cm³/mol. The molecule has 3 nitrogen and oxygen atoms in total. The van der Waals surface area contributed by atoms with Crippen LogP contribution in [0.5, 0.6) is 0 Å². The number of aldehydes is 1. The van der Waals surface area contributed by atoms with Crippen LogP contribution < -0.4 is 0 Å². The Balaban J connectivity index is 4.11. The number of carbonyl (C=O) groups is 2. The lowest BCUT2D eigenvalue weighted by Gasteiger charge is -2.23. The molecule has 0 heterocycles. The van der Waals surface area contributed by atoms with Crippen LogP contribution in [0, 0.1) is 5.41 Å². The molecule has 12 heavy (non-hydrogen) atoms. The molecule has 0 aromatic rings. The Labute approximate surface area is 73.1 Å². The van der Waals surface area contributed by atoms with Crippen LogP contribution >= 0.6 is 0 Å². The fourth-order valence-corrected chi connectivity index (χ4v) is 0.900. The van der Waals surface area contributed by atoms with E-state index < -0.39 is 5.41 Å². The number of carbonyl (C=O) groups excluding carboxylic acids is 2. The molecular formula is C9H16O3. The minimum absolute atomic E-state index is 0.207. The lowest BCUT2D eigenvalue weighted by molar-refractivity contribution is -0.145. The Hall–Kier alpha value is -0.860. The first-order chi connectivity index (χ1) is 5.60. The second-order valence-corrected chi connectivity index (χ2v) is 2.97. The topological polar surface area (TPSA) is 43.4 Å². The maximum absolute atomic E-state index is 10.7. The van der Waals surface area contributed by atoms with Crippen molar-refractivity contribution in [1.82, 2.24) is 0 Å². The molecule has 3 heteroatoms. The highest BCUT2D eigenvalue weighted by atomic mass is 16.5. The second kappa shape index (κ2) is 4.91. The van der Waals surface area contributed by atoms with Gasteiger partial charge in [0.15, 0.2) is 0 Å². The second-order valence-electron chi connectivity index (χ2n) is 2.97. The van der Waals surface area contributed by atoms with E-state index in [1.807, 2.05) is 13.8 Å². The van der Waals surface area contributed by atoms with Crippen molar-refractivity contribution >= 4 is 12.3 Å². The highest BCUT2D eigenvalue weighted by Crippen LogP contribution is 2.23. The standard InChI is InChI=1S/C9H16O3/c1-4-9(5-2,6-10)7-12-8(3)11/h6H,4-5,7H2,1-3H3. The third kappa shape index (κ3) is 3.03. The van der Waals surface area contributed by atoms with Crippen LogP contribution in [0.3, 0.4) is 0 Å². The van der Waals surface area contributed by atoms with Crippen molar-refractivity contribution in [2.45, 2.75) is 33.6 Å². The van der Waals surface area contributed by atoms with E-state index in [0.29, 0.717) is 12.8 Å². The highest BCUT2D eigenvalue weighted by molar-refractivity contribution is 5.67. The van der Waals surface area contributed by atoms with Gasteiger partial charge in [-0.25, -0.2) is 0 Å². The minimum atomic E-state index is -0.467. The summed E-state index contributed by atoms with van der Waals surface area (Å²) in [4.78, 5) is 21.2. The number of esters is 1. The van der Waals surface area contributed by atoms with Crippen molar-refractivity contribution < 1.29 is 14.3 Å². The van der Waals surface area contributed by atoms with Crippen molar-refractivity contribution in [1.29, 1.82) is 0 Å². The van der Waals surface area contributed by atoms with Crippen LogP contribution in [0.2, 0.25) is 0 Å². The van der Waals surface area contributed by atoms with E-state index in [-0.39, 0.29) is 12.6 Å². The van der Waals surface area contributed by atoms with Crippen LogP contribution in [0.25, 0.3) is 0 Å². The van der Waals surface area contributed by atoms with E-state index in [2.05, 4.69) is 0 Å². The lowest BCUT2D eigenvalue weighted by Crippen LogP contribution is -2.28. The largest absolute Gasteiger partial charge is 0.465 e. The minimum Gasteiger partial charge on any atom is -0.465 e. The fraction of sp³-hybridized carbons (Fsp3) is 0.778. The van der Waals surface area contributed by atoms with Gasteiger partial charge in [-0.3, -0.25) is 4.79 Å². The Kier molecular flexibility index (Phi) is 4.55. The molecule has 0 aliphatic rings. The van der Waals surface area contributed by atoms with Gasteiger partial charge in [0, 0.05) is 6.92 Å². The number of rotatable bonds is 5. The summed E-state index contributed by atoms with van der Waals surface area (Å²) in [6.07, 6.45) is 2.30. The normalized spacial score (nSPS) is 10.9. The monoisotopic (exact) mass is 172 g/mol. The van der Waals surface area contributed by atoms with Gasteiger partial charge in [0.1, 0.15) is 12.9 Å². The van der Waals surface area contributed by atoms with Crippen molar-refractivity contribution in [3.8, 4) is 0 Å². The van der Waals surface area contributed by atoms with E-state index in [1.54, 1.807) is 0 Å². The summed E-state index contributed by atoms with van der Waals surface area (Å²) < 4.78 is 4.81. The van der Waals surface area contributed by atoms with Crippen molar-refractivity contribution in [2.75, 3.05) is 6.61 Å². The van der Waals surface area contributed by atoms with Crippen LogP contribution in [-0.2, 0) is 14.3 Å². The Morgan fingerprint density at radius 3 is 2.17 bits per heavy atom. The predicted octanol–water partition coefficient (Wildman–Crippen LogP) is 1.55. The Morgan fingerprint density at radius 1 is 1.42 bits per heavy atom. The van der Waals surface area contributed by atoms with Crippen molar-refractivity contribution in [2.24, 2.45) is 5.41 Å². The third-order valence-electron chi connectivity index (χ3n) is 2.22. The lowest BCUT2D eigenvalue weighted by atomic mass is 9.85. The molecule has 0 bridgehead atoms. The maximum Gasteiger partial charge on any atom is 0.302 e. The maximum atomic E-state index is 10.7. The van der Waals surface area contributed by atoms with Gasteiger partial charge >= 0.3 is 5.97 Å². The molecule has 0 N–H and O–H groups in total. The summed E-state index contributed by atoms with van der Waals surface area (Å²) in [7, 11) is 0. The number of hydrogen-bond donors (Lipinski definition) is 0. The summed E-state index contributed by atoms with van der Waals surface area (Å²) in [5.74, 6) is -0.330. The van der Waals surface area contributed by atoms with Gasteiger partial charge in [-0.2, -0.15) is 0 Å². The fourth-order valence-electron chi connectivity index (χ4n) is 0.900. The zero-order chi connectivity index (χ0) is 9.61. The highest BCUT2D eigenvalue weighted by Gasteiger charge is 2.26. The summed E-state index contributed by atoms with van der Waals surface area (Å²) >= 11 is 0. The van der Waals surface area contributed by atoms with E-state index in [4.69, 9.17) is 4.74 Å². The van der Waals surface area contributed by atoms with E-state index in [9.17, 15) is 9.59 Å². The summed E-state index contributed by atoms with van der Waals surface area (Å²) in [6.45, 7) is 5.39. The van der Waals surface area contributed by atoms with Gasteiger partial charge < -0.3 is 9.53 Å². The number of ether oxygens (including phenoxy) is 1. The zero-order valence-electron chi connectivity index (χ0n) is 7.92. The zero-order valence-corrected chi connectivity index (χ0v) is 7.92. The average molecular weight is 172 g/mol. The van der Waals surface area contributed by atoms with Gasteiger partial charge in [0.05, 0.1) is 5.41 Å². The Morgan fingerprint density at radius 2 is 1.92 bits per heavy atom. The van der Waals surface area contributed by atoms with E-state index in [0.717, 1.165) is 6.29 Å². The molecule has 0 aromatic heterocycles. The van der Waals surface area contributed by atoms with Gasteiger partial charge in [-0.1, -0.05) is 13.8 Å². The number of hydrogen-bond acceptors (Lipinski definition) is 3. The van der Waals surface area contributed by atoms with Crippen molar-refractivity contribution in [3.05, 3.63) is 0 Å². The molecule has 70 valence electrons. The molecule has 0 saturated carbocycles. The first-order valence-electron chi connectivity index (χ1n) is 4.20. The van der Waals surface area contributed by atoms with E-state index in [1.165, 1.54) is 6.92 Å². The molecule has 0 fully saturated rings. The molecule has 0 amide bonds. The van der Waals surface area contributed by atoms with Crippen molar-refractivity contribution in [3.63, 3.8) is 0 Å². The Bertz CT molecular complexity index is 159. The van der Waals surface area contributed by atoms with Gasteiger partial charge in [0.2, 0.25) is 0 Å². The molecule has 0 saturated heterocycles. The molecule has 0 aromatic carbocycles. The smallest absolute Gasteiger partial charge is 0.302 e. The van der Waals surface area contributed by atoms with Crippen LogP contribution in [0.1, 0.15) is 33.6 Å². The quantitative estimate of drug-likeness (QED) is 0.467. The first-order valence-corrected chi connectivity index (χ1v) is 4.20.